The molecule has 23 heavy (non-hydrogen) atoms. The zero-order chi connectivity index (χ0) is 17.0. The van der Waals surface area contributed by atoms with Gasteiger partial charge in [-0.25, -0.2) is 4.39 Å². The highest BCUT2D eigenvalue weighted by atomic mass is 35.5. The summed E-state index contributed by atoms with van der Waals surface area (Å²) in [4.78, 5) is 12.0. The minimum Gasteiger partial charge on any atom is -0.348 e. The molecule has 8 heteroatoms. The van der Waals surface area contributed by atoms with Crippen LogP contribution in [0.1, 0.15) is 5.56 Å². The maximum Gasteiger partial charge on any atom is 0.271 e. The first-order chi connectivity index (χ1) is 10.9. The van der Waals surface area contributed by atoms with Crippen molar-refractivity contribution in [1.82, 2.24) is 4.90 Å². The number of hydrogen-bond donors (Lipinski definition) is 1. The molecule has 0 radical (unpaired) electrons. The second kappa shape index (κ2) is 7.34. The van der Waals surface area contributed by atoms with Gasteiger partial charge in [-0.05, 0) is 36.0 Å². The highest BCUT2D eigenvalue weighted by Crippen LogP contribution is 2.27. The van der Waals surface area contributed by atoms with Gasteiger partial charge in [0.1, 0.15) is 5.82 Å². The monoisotopic (exact) mass is 353 g/mol. The largest absolute Gasteiger partial charge is 0.348 e. The molecule has 0 fully saturated rings. The molecule has 2 rings (SSSR count). The van der Waals surface area contributed by atoms with Crippen LogP contribution in [0, 0.1) is 15.9 Å². The van der Waals surface area contributed by atoms with E-state index in [1.54, 1.807) is 24.1 Å². The molecule has 0 spiro atoms. The van der Waals surface area contributed by atoms with Crippen LogP contribution in [-0.2, 0) is 6.54 Å². The zero-order valence-corrected chi connectivity index (χ0v) is 13.7. The van der Waals surface area contributed by atoms with Crippen LogP contribution in [0.15, 0.2) is 42.5 Å². The van der Waals surface area contributed by atoms with Gasteiger partial charge in [0, 0.05) is 25.7 Å². The molecule has 0 aliphatic heterocycles. The number of rotatable bonds is 4. The zero-order valence-electron chi connectivity index (χ0n) is 12.1. The fraction of sp³-hybridized carbons (Fsp3) is 0.133. The maximum atomic E-state index is 13.2. The Morgan fingerprint density at radius 3 is 2.78 bits per heavy atom. The Morgan fingerprint density at radius 2 is 2.13 bits per heavy atom. The van der Waals surface area contributed by atoms with Crippen LogP contribution in [-0.4, -0.2) is 22.0 Å². The molecular formula is C15H13ClFN3O2S. The van der Waals surface area contributed by atoms with Crippen molar-refractivity contribution in [3.8, 4) is 0 Å². The number of nitro groups is 1. The Bertz CT molecular complexity index is 757. The molecule has 0 aromatic heterocycles. The summed E-state index contributed by atoms with van der Waals surface area (Å²) in [5.74, 6) is -0.323. The first kappa shape index (κ1) is 17.1. The van der Waals surface area contributed by atoms with Gasteiger partial charge >= 0.3 is 0 Å². The molecule has 0 aliphatic rings. The molecule has 0 unspecified atom stereocenters. The number of anilines is 1. The Hall–Kier alpha value is -2.25. The number of nitro benzene ring substituents is 1. The third-order valence-electron chi connectivity index (χ3n) is 3.06. The van der Waals surface area contributed by atoms with E-state index in [4.69, 9.17) is 23.8 Å². The predicted octanol–water partition coefficient (Wildman–Crippen LogP) is 4.22. The Labute approximate surface area is 142 Å². The van der Waals surface area contributed by atoms with Crippen molar-refractivity contribution in [1.29, 1.82) is 0 Å². The molecule has 5 nitrogen and oxygen atoms in total. The first-order valence-electron chi connectivity index (χ1n) is 6.57. The van der Waals surface area contributed by atoms with Crippen molar-refractivity contribution in [2.24, 2.45) is 0 Å². The van der Waals surface area contributed by atoms with E-state index in [0.717, 1.165) is 5.56 Å². The van der Waals surface area contributed by atoms with E-state index in [1.165, 1.54) is 30.3 Å². The predicted molar refractivity (Wildman–Crippen MR) is 92.2 cm³/mol. The minimum atomic E-state index is -0.513. The van der Waals surface area contributed by atoms with E-state index < -0.39 is 4.92 Å². The molecule has 0 bridgehead atoms. The highest BCUT2D eigenvalue weighted by Gasteiger charge is 2.13. The molecule has 120 valence electrons. The first-order valence-corrected chi connectivity index (χ1v) is 7.36. The summed E-state index contributed by atoms with van der Waals surface area (Å²) in [7, 11) is 1.73. The van der Waals surface area contributed by atoms with Gasteiger partial charge in [0.25, 0.3) is 5.69 Å². The Kier molecular flexibility index (Phi) is 5.46. The maximum absolute atomic E-state index is 13.2. The van der Waals surface area contributed by atoms with Crippen molar-refractivity contribution in [2.45, 2.75) is 6.54 Å². The molecule has 0 heterocycles. The molecule has 0 aliphatic carbocycles. The smallest absolute Gasteiger partial charge is 0.271 e. The SMILES string of the molecule is CN(Cc1cccc(F)c1)C(=S)Nc1cc([N+](=O)[O-])ccc1Cl. The molecule has 0 saturated carbocycles. The van der Waals surface area contributed by atoms with Gasteiger partial charge in [-0.1, -0.05) is 23.7 Å². The summed E-state index contributed by atoms with van der Waals surface area (Å²) < 4.78 is 13.2. The van der Waals surface area contributed by atoms with Gasteiger partial charge in [-0.2, -0.15) is 0 Å². The van der Waals surface area contributed by atoms with Crippen LogP contribution < -0.4 is 5.32 Å². The fourth-order valence-electron chi connectivity index (χ4n) is 1.91. The van der Waals surface area contributed by atoms with Gasteiger partial charge in [0.15, 0.2) is 5.11 Å². The van der Waals surface area contributed by atoms with Gasteiger partial charge in [0.2, 0.25) is 0 Å². The number of benzene rings is 2. The van der Waals surface area contributed by atoms with E-state index in [9.17, 15) is 14.5 Å². The Morgan fingerprint density at radius 1 is 1.39 bits per heavy atom. The van der Waals surface area contributed by atoms with Crippen LogP contribution in [0.2, 0.25) is 5.02 Å². The summed E-state index contributed by atoms with van der Waals surface area (Å²) in [6.07, 6.45) is 0. The quantitative estimate of drug-likeness (QED) is 0.506. The van der Waals surface area contributed by atoms with Crippen LogP contribution in [0.4, 0.5) is 15.8 Å². The van der Waals surface area contributed by atoms with Crippen LogP contribution in [0.3, 0.4) is 0 Å². The van der Waals surface area contributed by atoms with E-state index in [2.05, 4.69) is 5.32 Å². The van der Waals surface area contributed by atoms with E-state index in [-0.39, 0.29) is 11.5 Å². The second-order valence-corrected chi connectivity index (χ2v) is 5.63. The van der Waals surface area contributed by atoms with Gasteiger partial charge in [0.05, 0.1) is 15.6 Å². The van der Waals surface area contributed by atoms with E-state index in [0.29, 0.717) is 22.4 Å². The lowest BCUT2D eigenvalue weighted by molar-refractivity contribution is -0.384. The van der Waals surface area contributed by atoms with Crippen molar-refractivity contribution < 1.29 is 9.31 Å². The third-order valence-corrected chi connectivity index (χ3v) is 3.80. The fourth-order valence-corrected chi connectivity index (χ4v) is 2.25. The molecule has 1 N–H and O–H groups in total. The summed E-state index contributed by atoms with van der Waals surface area (Å²) in [5, 5.41) is 14.3. The molecule has 2 aromatic carbocycles. The number of nitrogens with one attached hydrogen (secondary N) is 1. The molecular weight excluding hydrogens is 341 g/mol. The number of non-ortho nitro benzene ring substituents is 1. The van der Waals surface area contributed by atoms with Crippen LogP contribution >= 0.6 is 23.8 Å². The number of hydrogen-bond acceptors (Lipinski definition) is 3. The Balaban J connectivity index is 2.09. The number of thiocarbonyl (C=S) groups is 1. The van der Waals surface area contributed by atoms with Crippen LogP contribution in [0.25, 0.3) is 0 Å². The molecule has 0 amide bonds. The van der Waals surface area contributed by atoms with Crippen molar-refractivity contribution >= 4 is 40.3 Å². The molecule has 0 atom stereocenters. The lowest BCUT2D eigenvalue weighted by atomic mass is 10.2. The normalized spacial score (nSPS) is 10.2. The molecule has 0 saturated heterocycles. The average molecular weight is 354 g/mol. The van der Waals surface area contributed by atoms with Crippen LogP contribution in [0.5, 0.6) is 0 Å². The lowest BCUT2D eigenvalue weighted by Crippen LogP contribution is -2.30. The summed E-state index contributed by atoms with van der Waals surface area (Å²) in [6.45, 7) is 0.385. The summed E-state index contributed by atoms with van der Waals surface area (Å²) in [6, 6.07) is 10.2. The van der Waals surface area contributed by atoms with Gasteiger partial charge in [-0.3, -0.25) is 10.1 Å². The topological polar surface area (TPSA) is 58.4 Å². The van der Waals surface area contributed by atoms with E-state index >= 15 is 0 Å². The average Bonchev–Trinajstić information content (AvgIpc) is 2.49. The number of halogens is 2. The van der Waals surface area contributed by atoms with Crippen molar-refractivity contribution in [3.63, 3.8) is 0 Å². The lowest BCUT2D eigenvalue weighted by Gasteiger charge is -2.21. The van der Waals surface area contributed by atoms with Gasteiger partial charge in [-0.15, -0.1) is 0 Å². The third kappa shape index (κ3) is 4.61. The second-order valence-electron chi connectivity index (χ2n) is 4.84. The summed E-state index contributed by atoms with van der Waals surface area (Å²) in [5.41, 5.74) is 1.01. The van der Waals surface area contributed by atoms with Crippen molar-refractivity contribution in [3.05, 3.63) is 69.0 Å². The minimum absolute atomic E-state index is 0.0903. The molecule has 2 aromatic rings. The summed E-state index contributed by atoms with van der Waals surface area (Å²) >= 11 is 11.3. The number of nitrogens with zero attached hydrogens (tertiary/aromatic N) is 2. The van der Waals surface area contributed by atoms with Gasteiger partial charge < -0.3 is 10.2 Å². The highest BCUT2D eigenvalue weighted by molar-refractivity contribution is 7.80. The van der Waals surface area contributed by atoms with Crippen molar-refractivity contribution in [2.75, 3.05) is 12.4 Å². The van der Waals surface area contributed by atoms with E-state index in [1.807, 2.05) is 0 Å². The standard InChI is InChI=1S/C15H13ClFN3O2S/c1-19(9-10-3-2-4-11(17)7-10)15(23)18-14-8-12(20(21)22)5-6-13(14)16/h2-8H,9H2,1H3,(H,18,23).